The van der Waals surface area contributed by atoms with Crippen molar-refractivity contribution in [3.05, 3.63) is 80.8 Å². The summed E-state index contributed by atoms with van der Waals surface area (Å²) in [5.41, 5.74) is 9.06. The van der Waals surface area contributed by atoms with Gasteiger partial charge in [-0.1, -0.05) is 22.0 Å². The number of hydrogen-bond acceptors (Lipinski definition) is 6. The number of aromatic nitrogens is 2. The molecule has 1 unspecified atom stereocenters. The molecule has 8 nitrogen and oxygen atoms in total. The van der Waals surface area contributed by atoms with Gasteiger partial charge in [0.2, 0.25) is 11.8 Å². The summed E-state index contributed by atoms with van der Waals surface area (Å²) in [6.45, 7) is 4.14. The second-order valence-electron chi connectivity index (χ2n) is 7.11. The van der Waals surface area contributed by atoms with Crippen LogP contribution in [-0.4, -0.2) is 27.5 Å². The molecule has 9 heteroatoms. The number of fused-ring (bicyclic) bond motifs is 1. The molecule has 0 saturated heterocycles. The fraction of sp³-hybridized carbons (Fsp3) is 0.174. The Kier molecular flexibility index (Phi) is 5.63. The monoisotopic (exact) mass is 494 g/mol. The Labute approximate surface area is 192 Å². The molecule has 0 saturated carbocycles. The summed E-state index contributed by atoms with van der Waals surface area (Å²) in [6, 6.07) is 14.1. The maximum absolute atomic E-state index is 11.4. The molecule has 0 amide bonds. The number of nitrogens with two attached hydrogens (primary N) is 1. The molecule has 0 spiro atoms. The summed E-state index contributed by atoms with van der Waals surface area (Å²) in [5, 5.41) is 23.9. The Balaban J connectivity index is 1.97. The van der Waals surface area contributed by atoms with Crippen LogP contribution in [-0.2, 0) is 0 Å². The first-order chi connectivity index (χ1) is 15.3. The first-order valence-electron chi connectivity index (χ1n) is 9.78. The van der Waals surface area contributed by atoms with Crippen LogP contribution in [0.1, 0.15) is 40.0 Å². The highest BCUT2D eigenvalue weighted by Gasteiger charge is 2.37. The third kappa shape index (κ3) is 3.59. The van der Waals surface area contributed by atoms with Gasteiger partial charge in [-0.15, -0.1) is 0 Å². The van der Waals surface area contributed by atoms with Crippen molar-refractivity contribution in [3.8, 4) is 23.4 Å². The van der Waals surface area contributed by atoms with E-state index >= 15 is 0 Å². The molecule has 2 heterocycles. The van der Waals surface area contributed by atoms with Gasteiger partial charge in [-0.3, -0.25) is 0 Å². The molecule has 1 aromatic heterocycles. The third-order valence-electron chi connectivity index (χ3n) is 5.15. The van der Waals surface area contributed by atoms with Gasteiger partial charge in [0.05, 0.1) is 35.0 Å². The molecular weight excluding hydrogens is 476 g/mol. The van der Waals surface area contributed by atoms with Crippen LogP contribution in [0.15, 0.2) is 58.4 Å². The Morgan fingerprint density at radius 2 is 2.16 bits per heavy atom. The lowest BCUT2D eigenvalue weighted by atomic mass is 9.83. The highest BCUT2D eigenvalue weighted by atomic mass is 79.9. The van der Waals surface area contributed by atoms with E-state index in [0.29, 0.717) is 35.2 Å². The van der Waals surface area contributed by atoms with E-state index in [-0.39, 0.29) is 17.0 Å². The minimum Gasteiger partial charge on any atom is -0.494 e. The van der Waals surface area contributed by atoms with Crippen molar-refractivity contribution in [1.29, 1.82) is 5.26 Å². The fourth-order valence-corrected chi connectivity index (χ4v) is 4.18. The quantitative estimate of drug-likeness (QED) is 0.542. The molecule has 32 heavy (non-hydrogen) atoms. The lowest BCUT2D eigenvalue weighted by Gasteiger charge is -2.26. The molecule has 3 N–H and O–H groups in total. The Morgan fingerprint density at radius 1 is 1.38 bits per heavy atom. The summed E-state index contributed by atoms with van der Waals surface area (Å²) in [7, 11) is 0. The molecule has 1 aliphatic rings. The van der Waals surface area contributed by atoms with Gasteiger partial charge in [0, 0.05) is 10.0 Å². The number of carboxylic acid groups (broad SMARTS) is 1. The molecule has 1 atom stereocenters. The molecule has 3 aromatic rings. The van der Waals surface area contributed by atoms with Gasteiger partial charge in [-0.2, -0.15) is 10.4 Å². The highest BCUT2D eigenvalue weighted by molar-refractivity contribution is 9.10. The van der Waals surface area contributed by atoms with Crippen LogP contribution in [0, 0.1) is 18.3 Å². The normalized spacial score (nSPS) is 15.0. The minimum atomic E-state index is -1.05. The van der Waals surface area contributed by atoms with E-state index in [0.717, 1.165) is 10.0 Å². The van der Waals surface area contributed by atoms with Crippen molar-refractivity contribution >= 4 is 21.9 Å². The van der Waals surface area contributed by atoms with Crippen LogP contribution in [0.25, 0.3) is 5.69 Å². The number of ether oxygens (including phenoxy) is 2. The zero-order chi connectivity index (χ0) is 23.0. The standard InChI is InChI=1S/C23H19BrN4O4/c1-3-31-18-8-7-14(24)10-16(18)20-17(11-25)21(26)32-22-19(20)12(2)27-28(22)15-6-4-5-13(9-15)23(29)30/h4-10,20H,3,26H2,1-2H3,(H,29,30). The Morgan fingerprint density at radius 3 is 2.84 bits per heavy atom. The Hall–Kier alpha value is -3.77. The van der Waals surface area contributed by atoms with E-state index in [4.69, 9.17) is 15.2 Å². The summed E-state index contributed by atoms with van der Waals surface area (Å²) >= 11 is 3.50. The number of carboxylic acids is 1. The molecule has 0 aliphatic carbocycles. The highest BCUT2D eigenvalue weighted by Crippen LogP contribution is 2.47. The summed E-state index contributed by atoms with van der Waals surface area (Å²) in [6.07, 6.45) is 0. The van der Waals surface area contributed by atoms with Gasteiger partial charge in [-0.05, 0) is 50.2 Å². The van der Waals surface area contributed by atoms with Gasteiger partial charge in [-0.25, -0.2) is 9.48 Å². The van der Waals surface area contributed by atoms with Crippen LogP contribution in [0.5, 0.6) is 11.6 Å². The topological polar surface area (TPSA) is 123 Å². The fourth-order valence-electron chi connectivity index (χ4n) is 3.80. The maximum Gasteiger partial charge on any atom is 0.335 e. The number of aryl methyl sites for hydroxylation is 1. The van der Waals surface area contributed by atoms with Gasteiger partial charge >= 0.3 is 5.97 Å². The average molecular weight is 495 g/mol. The van der Waals surface area contributed by atoms with Crippen LogP contribution in [0.2, 0.25) is 0 Å². The van der Waals surface area contributed by atoms with Gasteiger partial charge < -0.3 is 20.3 Å². The zero-order valence-corrected chi connectivity index (χ0v) is 18.9. The largest absolute Gasteiger partial charge is 0.494 e. The molecule has 162 valence electrons. The summed E-state index contributed by atoms with van der Waals surface area (Å²) < 4.78 is 14.0. The molecule has 0 bridgehead atoms. The van der Waals surface area contributed by atoms with Crippen molar-refractivity contribution in [2.75, 3.05) is 6.61 Å². The smallest absolute Gasteiger partial charge is 0.335 e. The van der Waals surface area contributed by atoms with Crippen molar-refractivity contribution < 1.29 is 19.4 Å². The van der Waals surface area contributed by atoms with E-state index in [1.165, 1.54) is 16.8 Å². The van der Waals surface area contributed by atoms with Crippen LogP contribution < -0.4 is 15.2 Å². The average Bonchev–Trinajstić information content (AvgIpc) is 3.10. The number of rotatable bonds is 5. The number of benzene rings is 2. The number of aromatic carboxylic acids is 1. The molecule has 4 rings (SSSR count). The third-order valence-corrected chi connectivity index (χ3v) is 5.65. The number of carbonyl (C=O) groups is 1. The van der Waals surface area contributed by atoms with Crippen molar-refractivity contribution in [2.24, 2.45) is 5.73 Å². The molecule has 1 aliphatic heterocycles. The predicted octanol–water partition coefficient (Wildman–Crippen LogP) is 4.26. The van der Waals surface area contributed by atoms with E-state index in [2.05, 4.69) is 27.1 Å². The van der Waals surface area contributed by atoms with E-state index in [1.807, 2.05) is 32.0 Å². The molecule has 2 aromatic carbocycles. The van der Waals surface area contributed by atoms with E-state index in [9.17, 15) is 15.2 Å². The SMILES string of the molecule is CCOc1ccc(Br)cc1C1C(C#N)=C(N)Oc2c1c(C)nn2-c1cccc(C(=O)O)c1. The predicted molar refractivity (Wildman–Crippen MR) is 120 cm³/mol. The van der Waals surface area contributed by atoms with Gasteiger partial charge in [0.1, 0.15) is 17.4 Å². The van der Waals surface area contributed by atoms with Gasteiger partial charge in [0.25, 0.3) is 0 Å². The van der Waals surface area contributed by atoms with E-state index in [1.54, 1.807) is 12.1 Å². The molecule has 0 fully saturated rings. The molecule has 0 radical (unpaired) electrons. The van der Waals surface area contributed by atoms with Crippen molar-refractivity contribution in [3.63, 3.8) is 0 Å². The molecular formula is C23H19BrN4O4. The second-order valence-corrected chi connectivity index (χ2v) is 8.03. The number of halogens is 1. The van der Waals surface area contributed by atoms with Crippen LogP contribution in [0.4, 0.5) is 0 Å². The first-order valence-corrected chi connectivity index (χ1v) is 10.6. The summed E-state index contributed by atoms with van der Waals surface area (Å²) in [5.74, 6) is -0.713. The number of hydrogen-bond donors (Lipinski definition) is 2. The van der Waals surface area contributed by atoms with Crippen molar-refractivity contribution in [2.45, 2.75) is 19.8 Å². The Bertz CT molecular complexity index is 1310. The maximum atomic E-state index is 11.4. The summed E-state index contributed by atoms with van der Waals surface area (Å²) in [4.78, 5) is 11.4. The van der Waals surface area contributed by atoms with Gasteiger partial charge in [0.15, 0.2) is 0 Å². The van der Waals surface area contributed by atoms with Crippen molar-refractivity contribution in [1.82, 2.24) is 9.78 Å². The zero-order valence-electron chi connectivity index (χ0n) is 17.3. The van der Waals surface area contributed by atoms with E-state index < -0.39 is 11.9 Å². The van der Waals surface area contributed by atoms with Crippen LogP contribution in [0.3, 0.4) is 0 Å². The first kappa shape index (κ1) is 21.5. The van der Waals surface area contributed by atoms with Crippen LogP contribution >= 0.6 is 15.9 Å². The lowest BCUT2D eigenvalue weighted by Crippen LogP contribution is -2.22. The lowest BCUT2D eigenvalue weighted by molar-refractivity contribution is 0.0697. The minimum absolute atomic E-state index is 0.0389. The number of nitriles is 1. The number of nitrogens with zero attached hydrogens (tertiary/aromatic N) is 3. The number of allylic oxidation sites excluding steroid dienone is 1. The second kappa shape index (κ2) is 8.40.